The zero-order valence-corrected chi connectivity index (χ0v) is 19.2. The van der Waals surface area contributed by atoms with E-state index in [1.807, 2.05) is 42.5 Å². The lowest BCUT2D eigenvalue weighted by Crippen LogP contribution is -2.38. The lowest BCUT2D eigenvalue weighted by atomic mass is 10.0. The summed E-state index contributed by atoms with van der Waals surface area (Å²) < 4.78 is 21.3. The molecule has 0 fully saturated rings. The minimum Gasteiger partial charge on any atom is -0.466 e. The first-order chi connectivity index (χ1) is 17.1. The Morgan fingerprint density at radius 3 is 2.26 bits per heavy atom. The van der Waals surface area contributed by atoms with Gasteiger partial charge in [-0.25, -0.2) is 14.6 Å². The number of hydrogen-bond acceptors (Lipinski definition) is 8. The van der Waals surface area contributed by atoms with Gasteiger partial charge in [0.05, 0.1) is 26.4 Å². The SMILES string of the molecule is COC(=O)C1=C(C(=O)OC)N(c2ccc3oc(-c4ccc(-c5ccccc5)cc4)nc3c2)COC1. The van der Waals surface area contributed by atoms with Crippen LogP contribution in [0, 0.1) is 0 Å². The molecule has 0 N–H and O–H groups in total. The van der Waals surface area contributed by atoms with Crippen molar-refractivity contribution in [3.63, 3.8) is 0 Å². The summed E-state index contributed by atoms with van der Waals surface area (Å²) in [7, 11) is 2.51. The Kier molecular flexibility index (Phi) is 6.03. The molecule has 8 nitrogen and oxygen atoms in total. The number of esters is 2. The molecule has 2 heterocycles. The van der Waals surface area contributed by atoms with E-state index in [0.29, 0.717) is 22.7 Å². The normalized spacial score (nSPS) is 13.7. The number of nitrogens with zero attached hydrogens (tertiary/aromatic N) is 2. The fourth-order valence-corrected chi connectivity index (χ4v) is 3.99. The number of methoxy groups -OCH3 is 2. The highest BCUT2D eigenvalue weighted by Gasteiger charge is 2.32. The summed E-state index contributed by atoms with van der Waals surface area (Å²) in [6.07, 6.45) is 0. The number of fused-ring (bicyclic) bond motifs is 1. The van der Waals surface area contributed by atoms with E-state index < -0.39 is 11.9 Å². The van der Waals surface area contributed by atoms with Crippen molar-refractivity contribution in [2.75, 3.05) is 32.5 Å². The Bertz CT molecular complexity index is 1420. The first-order valence-corrected chi connectivity index (χ1v) is 10.9. The fraction of sp³-hybridized carbons (Fsp3) is 0.148. The summed E-state index contributed by atoms with van der Waals surface area (Å²) in [4.78, 5) is 31.0. The van der Waals surface area contributed by atoms with Crippen LogP contribution in [0.4, 0.5) is 5.69 Å². The molecule has 1 aromatic heterocycles. The van der Waals surface area contributed by atoms with E-state index in [2.05, 4.69) is 17.1 Å². The largest absolute Gasteiger partial charge is 0.466 e. The van der Waals surface area contributed by atoms with Crippen molar-refractivity contribution in [3.05, 3.63) is 84.1 Å². The molecule has 0 radical (unpaired) electrons. The Hall–Kier alpha value is -4.43. The Morgan fingerprint density at radius 2 is 1.54 bits per heavy atom. The summed E-state index contributed by atoms with van der Waals surface area (Å²) >= 11 is 0. The Labute approximate surface area is 201 Å². The number of benzene rings is 3. The molecule has 176 valence electrons. The molecule has 0 atom stereocenters. The van der Waals surface area contributed by atoms with Crippen LogP contribution >= 0.6 is 0 Å². The predicted octanol–water partition coefficient (Wildman–Crippen LogP) is 4.56. The molecule has 4 aromatic rings. The monoisotopic (exact) mass is 470 g/mol. The van der Waals surface area contributed by atoms with Crippen molar-refractivity contribution in [1.29, 1.82) is 0 Å². The molecule has 0 unspecified atom stereocenters. The van der Waals surface area contributed by atoms with Crippen LogP contribution in [0.15, 0.2) is 88.5 Å². The smallest absolute Gasteiger partial charge is 0.355 e. The van der Waals surface area contributed by atoms with E-state index in [-0.39, 0.29) is 24.6 Å². The standard InChI is InChI=1S/C27H22N2O6/c1-32-26(30)21-15-34-16-29(24(21)27(31)33-2)20-12-13-23-22(14-20)28-25(35-23)19-10-8-18(9-11-19)17-6-4-3-5-7-17/h3-14H,15-16H2,1-2H3. The van der Waals surface area contributed by atoms with E-state index in [1.54, 1.807) is 23.1 Å². The number of ether oxygens (including phenoxy) is 3. The average molecular weight is 470 g/mol. The van der Waals surface area contributed by atoms with Crippen molar-refractivity contribution in [2.24, 2.45) is 0 Å². The van der Waals surface area contributed by atoms with Crippen molar-refractivity contribution < 1.29 is 28.2 Å². The van der Waals surface area contributed by atoms with Crippen LogP contribution in [0.3, 0.4) is 0 Å². The molecular weight excluding hydrogens is 448 g/mol. The van der Waals surface area contributed by atoms with Crippen molar-refractivity contribution in [1.82, 2.24) is 4.98 Å². The van der Waals surface area contributed by atoms with Gasteiger partial charge in [0.25, 0.3) is 0 Å². The maximum absolute atomic E-state index is 12.5. The van der Waals surface area contributed by atoms with E-state index in [9.17, 15) is 9.59 Å². The molecule has 0 aliphatic carbocycles. The average Bonchev–Trinajstić information content (AvgIpc) is 3.36. The summed E-state index contributed by atoms with van der Waals surface area (Å²) in [6, 6.07) is 23.4. The topological polar surface area (TPSA) is 91.1 Å². The lowest BCUT2D eigenvalue weighted by Gasteiger charge is -2.31. The van der Waals surface area contributed by atoms with E-state index >= 15 is 0 Å². The van der Waals surface area contributed by atoms with Gasteiger partial charge in [-0.2, -0.15) is 0 Å². The van der Waals surface area contributed by atoms with Gasteiger partial charge in [-0.3, -0.25) is 0 Å². The number of carbonyl (C=O) groups excluding carboxylic acids is 2. The van der Waals surface area contributed by atoms with E-state index in [0.717, 1.165) is 16.7 Å². The molecule has 0 spiro atoms. The van der Waals surface area contributed by atoms with Gasteiger partial charge in [0.1, 0.15) is 17.9 Å². The maximum atomic E-state index is 12.5. The van der Waals surface area contributed by atoms with Crippen LogP contribution in [-0.4, -0.2) is 44.5 Å². The molecule has 35 heavy (non-hydrogen) atoms. The van der Waals surface area contributed by atoms with Gasteiger partial charge >= 0.3 is 11.9 Å². The molecule has 0 saturated carbocycles. The van der Waals surface area contributed by atoms with E-state index in [4.69, 9.17) is 18.6 Å². The van der Waals surface area contributed by atoms with Crippen molar-refractivity contribution in [3.8, 4) is 22.6 Å². The molecule has 8 heteroatoms. The number of hydrogen-bond donors (Lipinski definition) is 0. The molecule has 3 aromatic carbocycles. The van der Waals surface area contributed by atoms with Gasteiger partial charge in [0.2, 0.25) is 5.89 Å². The first kappa shape index (κ1) is 22.4. The summed E-state index contributed by atoms with van der Waals surface area (Å²) in [6.45, 7) is 0.00499. The second-order valence-corrected chi connectivity index (χ2v) is 7.83. The third-order valence-corrected chi connectivity index (χ3v) is 5.75. The lowest BCUT2D eigenvalue weighted by molar-refractivity contribution is -0.140. The van der Waals surface area contributed by atoms with Crippen LogP contribution in [0.25, 0.3) is 33.7 Å². The minimum atomic E-state index is -0.659. The molecule has 5 rings (SSSR count). The number of anilines is 1. The zero-order valence-electron chi connectivity index (χ0n) is 19.2. The summed E-state index contributed by atoms with van der Waals surface area (Å²) in [5, 5.41) is 0. The molecule has 0 bridgehead atoms. The summed E-state index contributed by atoms with van der Waals surface area (Å²) in [5.41, 5.74) is 5.01. The van der Waals surface area contributed by atoms with Crippen LogP contribution in [0.1, 0.15) is 0 Å². The second-order valence-electron chi connectivity index (χ2n) is 7.83. The molecule has 0 saturated heterocycles. The zero-order chi connectivity index (χ0) is 24.4. The van der Waals surface area contributed by atoms with Crippen LogP contribution in [0.2, 0.25) is 0 Å². The Morgan fingerprint density at radius 1 is 0.857 bits per heavy atom. The van der Waals surface area contributed by atoms with Crippen molar-refractivity contribution in [2.45, 2.75) is 0 Å². The molecule has 0 amide bonds. The van der Waals surface area contributed by atoms with Crippen molar-refractivity contribution >= 4 is 28.7 Å². The van der Waals surface area contributed by atoms with Crippen LogP contribution in [-0.2, 0) is 23.8 Å². The number of carbonyl (C=O) groups is 2. The quantitative estimate of drug-likeness (QED) is 0.392. The highest BCUT2D eigenvalue weighted by Crippen LogP contribution is 2.32. The molecular formula is C27H22N2O6. The first-order valence-electron chi connectivity index (χ1n) is 10.9. The highest BCUT2D eigenvalue weighted by molar-refractivity contribution is 6.03. The van der Waals surface area contributed by atoms with Gasteiger partial charge < -0.3 is 23.5 Å². The number of rotatable bonds is 5. The number of oxazole rings is 1. The van der Waals surface area contributed by atoms with Crippen LogP contribution in [0.5, 0.6) is 0 Å². The van der Waals surface area contributed by atoms with Gasteiger partial charge in [-0.1, -0.05) is 42.5 Å². The van der Waals surface area contributed by atoms with Gasteiger partial charge in [0.15, 0.2) is 5.58 Å². The van der Waals surface area contributed by atoms with Gasteiger partial charge in [-0.05, 0) is 41.5 Å². The Balaban J connectivity index is 1.49. The maximum Gasteiger partial charge on any atom is 0.355 e. The van der Waals surface area contributed by atoms with Gasteiger partial charge in [-0.15, -0.1) is 0 Å². The van der Waals surface area contributed by atoms with Crippen LogP contribution < -0.4 is 4.90 Å². The third-order valence-electron chi connectivity index (χ3n) is 5.75. The number of aromatic nitrogens is 1. The van der Waals surface area contributed by atoms with Gasteiger partial charge in [0, 0.05) is 11.3 Å². The predicted molar refractivity (Wildman–Crippen MR) is 129 cm³/mol. The summed E-state index contributed by atoms with van der Waals surface area (Å²) in [5.74, 6) is -0.836. The molecule has 1 aliphatic heterocycles. The minimum absolute atomic E-state index is 0.0526. The van der Waals surface area contributed by atoms with E-state index in [1.165, 1.54) is 14.2 Å². The third kappa shape index (κ3) is 4.27. The molecule has 1 aliphatic rings. The second kappa shape index (κ2) is 9.44. The highest BCUT2D eigenvalue weighted by atomic mass is 16.5. The fourth-order valence-electron chi connectivity index (χ4n) is 3.99.